The van der Waals surface area contributed by atoms with Gasteiger partial charge in [-0.05, 0) is 69.9 Å². The molecule has 0 atom stereocenters. The van der Waals surface area contributed by atoms with Gasteiger partial charge in [-0.3, -0.25) is 9.98 Å². The van der Waals surface area contributed by atoms with Gasteiger partial charge in [0.2, 0.25) is 0 Å². The minimum atomic E-state index is 0. The summed E-state index contributed by atoms with van der Waals surface area (Å²) >= 11 is 0. The Bertz CT molecular complexity index is 1260. The van der Waals surface area contributed by atoms with Crippen molar-refractivity contribution in [2.45, 2.75) is 107 Å². The van der Waals surface area contributed by atoms with E-state index >= 15 is 0 Å². The van der Waals surface area contributed by atoms with E-state index in [0.29, 0.717) is 23.7 Å². The second-order valence-electron chi connectivity index (χ2n) is 12.9. The van der Waals surface area contributed by atoms with Crippen molar-refractivity contribution in [3.05, 3.63) is 88.2 Å². The summed E-state index contributed by atoms with van der Waals surface area (Å²) in [6.45, 7) is 26.8. The molecule has 0 saturated heterocycles. The summed E-state index contributed by atoms with van der Waals surface area (Å²) in [4.78, 5) is 16.0. The van der Waals surface area contributed by atoms with E-state index in [1.807, 2.05) is 0 Å². The van der Waals surface area contributed by atoms with Crippen molar-refractivity contribution < 1.29 is 17.1 Å². The van der Waals surface area contributed by atoms with E-state index in [1.54, 1.807) is 0 Å². The Morgan fingerprint density at radius 3 is 0.977 bits per heavy atom. The topological polar surface area (TPSA) is 85.2 Å². The molecule has 0 aliphatic heterocycles. The fraction of sp³-hybridized carbons (Fsp3) is 0.486. The fourth-order valence-corrected chi connectivity index (χ4v) is 5.21. The molecule has 0 radical (unpaired) electrons. The Balaban J connectivity index is 0.00000302. The van der Waals surface area contributed by atoms with E-state index in [2.05, 4.69) is 138 Å². The summed E-state index contributed by atoms with van der Waals surface area (Å²) in [5.41, 5.74) is 11.3. The smallest absolute Gasteiger partial charge is 0.0855 e. The van der Waals surface area contributed by atoms with Gasteiger partial charge in [0.15, 0.2) is 0 Å². The first-order valence-electron chi connectivity index (χ1n) is 15.4. The summed E-state index contributed by atoms with van der Waals surface area (Å²) in [6, 6.07) is 19.6. The van der Waals surface area contributed by atoms with Gasteiger partial charge in [-0.15, -0.1) is 0 Å². The maximum absolute atomic E-state index is 6.00. The third kappa shape index (κ3) is 9.43. The van der Waals surface area contributed by atoms with E-state index in [1.165, 1.54) is 22.3 Å². The van der Waals surface area contributed by atoms with Gasteiger partial charge in [0.05, 0.1) is 34.2 Å². The molecule has 3 rings (SSSR count). The van der Waals surface area contributed by atoms with Gasteiger partial charge in [0, 0.05) is 27.9 Å². The van der Waals surface area contributed by atoms with Crippen LogP contribution in [0.2, 0.25) is 0 Å². The Kier molecular flexibility index (Phi) is 15.2. The molecule has 0 unspecified atom stereocenters. The van der Waals surface area contributed by atoms with Crippen LogP contribution in [0, 0.1) is 22.6 Å². The molecule has 232 valence electrons. The van der Waals surface area contributed by atoms with Crippen molar-refractivity contribution in [3.63, 3.8) is 0 Å². The van der Waals surface area contributed by atoms with Crippen molar-refractivity contribution in [1.29, 1.82) is 10.8 Å². The standard InChI is InChI=1S/C37H51N3.Fe.N2/c1-22(2)28-16-13-17-29(23(3)4)36(28)39-34(26(9)10)32-20-15-21-33(38-32)35(27(11)12)40-37-30(24(5)6)18-14-19-31(37)25(7)8;;1-2/h13-27H,1-12H3;;. The van der Waals surface area contributed by atoms with Crippen LogP contribution >= 0.6 is 0 Å². The minimum Gasteiger partial charge on any atom is -0.250 e. The molecule has 2 aromatic carbocycles. The number of nitrogens with zero attached hydrogens (tertiary/aromatic N) is 5. The predicted molar refractivity (Wildman–Crippen MR) is 179 cm³/mol. The molecule has 0 fully saturated rings. The Morgan fingerprint density at radius 1 is 0.488 bits per heavy atom. The van der Waals surface area contributed by atoms with Crippen molar-refractivity contribution in [1.82, 2.24) is 4.98 Å². The molecule has 3 aromatic rings. The maximum atomic E-state index is 6.00. The molecule has 5 nitrogen and oxygen atoms in total. The number of hydrogen-bond donors (Lipinski definition) is 0. The number of aliphatic imine (C=N–C) groups is 2. The normalized spacial score (nSPS) is 12.3. The molecule has 0 spiro atoms. The van der Waals surface area contributed by atoms with Crippen molar-refractivity contribution in [2.75, 3.05) is 0 Å². The number of aromatic nitrogens is 1. The fourth-order valence-electron chi connectivity index (χ4n) is 5.21. The first kappa shape index (κ1) is 37.9. The van der Waals surface area contributed by atoms with Crippen LogP contribution in [-0.2, 0) is 17.1 Å². The zero-order valence-electron chi connectivity index (χ0n) is 28.2. The second-order valence-corrected chi connectivity index (χ2v) is 12.9. The minimum absolute atomic E-state index is 0. The van der Waals surface area contributed by atoms with E-state index in [9.17, 15) is 0 Å². The first-order valence-corrected chi connectivity index (χ1v) is 15.4. The average molecular weight is 622 g/mol. The number of benzene rings is 2. The van der Waals surface area contributed by atoms with Gasteiger partial charge in [-0.25, -0.2) is 4.98 Å². The molecule has 6 heteroatoms. The second kappa shape index (κ2) is 17.2. The summed E-state index contributed by atoms with van der Waals surface area (Å²) < 4.78 is 0. The van der Waals surface area contributed by atoms with Gasteiger partial charge in [-0.1, -0.05) is 126 Å². The monoisotopic (exact) mass is 621 g/mol. The number of para-hydroxylation sites is 2. The molecule has 0 aliphatic carbocycles. The molecule has 1 aromatic heterocycles. The summed E-state index contributed by atoms with van der Waals surface area (Å²) in [5.74, 6) is 2.00. The van der Waals surface area contributed by atoms with Crippen molar-refractivity contribution in [3.8, 4) is 0 Å². The third-order valence-electron chi connectivity index (χ3n) is 7.52. The molecular weight excluding hydrogens is 570 g/mol. The van der Waals surface area contributed by atoms with Crippen LogP contribution in [0.15, 0.2) is 64.6 Å². The van der Waals surface area contributed by atoms with E-state index in [-0.39, 0.29) is 28.9 Å². The Labute approximate surface area is 271 Å². The zero-order valence-corrected chi connectivity index (χ0v) is 29.4. The van der Waals surface area contributed by atoms with Crippen LogP contribution in [0.3, 0.4) is 0 Å². The van der Waals surface area contributed by atoms with Gasteiger partial charge in [-0.2, -0.15) is 0 Å². The molecular formula is C37H51FeN5. The summed E-state index contributed by atoms with van der Waals surface area (Å²) in [6.07, 6.45) is 0. The van der Waals surface area contributed by atoms with Gasteiger partial charge in [0.1, 0.15) is 0 Å². The first-order chi connectivity index (χ1) is 19.8. The van der Waals surface area contributed by atoms with E-state index < -0.39 is 0 Å². The van der Waals surface area contributed by atoms with Crippen LogP contribution in [0.1, 0.15) is 140 Å². The molecule has 1 heterocycles. The summed E-state index contributed by atoms with van der Waals surface area (Å²) in [7, 11) is 0. The average Bonchev–Trinajstić information content (AvgIpc) is 2.94. The van der Waals surface area contributed by atoms with Crippen molar-refractivity contribution in [2.24, 2.45) is 21.8 Å². The zero-order chi connectivity index (χ0) is 31.7. The molecule has 0 aliphatic rings. The summed E-state index contributed by atoms with van der Waals surface area (Å²) in [5, 5.41) is 12.0. The van der Waals surface area contributed by atoms with Crippen LogP contribution in [0.25, 0.3) is 0 Å². The molecule has 0 N–H and O–H groups in total. The SMILES string of the molecule is CC(C)C(=Nc1c(C(C)C)cccc1C(C)C)c1cccc(C(=Nc2c(C(C)C)cccc2C(C)C)C(C)C)n1.N#N.[Fe]. The number of pyridine rings is 1. The largest absolute Gasteiger partial charge is 0.250 e. The molecule has 0 bridgehead atoms. The molecule has 43 heavy (non-hydrogen) atoms. The van der Waals surface area contributed by atoms with Crippen LogP contribution < -0.4 is 0 Å². The third-order valence-corrected chi connectivity index (χ3v) is 7.52. The Hall–Kier alpha value is -3.13. The van der Waals surface area contributed by atoms with Gasteiger partial charge < -0.3 is 0 Å². The molecule has 0 amide bonds. The van der Waals surface area contributed by atoms with Gasteiger partial charge in [0.25, 0.3) is 0 Å². The Morgan fingerprint density at radius 2 is 0.744 bits per heavy atom. The predicted octanol–water partition coefficient (Wildman–Crippen LogP) is 11.2. The quantitative estimate of drug-likeness (QED) is 0.128. The number of rotatable bonds is 10. The maximum Gasteiger partial charge on any atom is 0.0855 e. The number of hydrogen-bond acceptors (Lipinski definition) is 5. The van der Waals surface area contributed by atoms with Crippen LogP contribution in [0.4, 0.5) is 11.4 Å². The van der Waals surface area contributed by atoms with Crippen LogP contribution in [0.5, 0.6) is 0 Å². The van der Waals surface area contributed by atoms with Crippen molar-refractivity contribution >= 4 is 22.8 Å². The van der Waals surface area contributed by atoms with E-state index in [0.717, 1.165) is 34.2 Å². The van der Waals surface area contributed by atoms with Crippen LogP contribution in [-0.4, -0.2) is 16.4 Å². The van der Waals surface area contributed by atoms with Gasteiger partial charge >= 0.3 is 0 Å². The molecule has 0 saturated carbocycles. The van der Waals surface area contributed by atoms with E-state index in [4.69, 9.17) is 25.8 Å².